The average Bonchev–Trinajstić information content (AvgIpc) is 3.27. The van der Waals surface area contributed by atoms with Crippen molar-refractivity contribution in [1.29, 1.82) is 0 Å². The van der Waals surface area contributed by atoms with Crippen LogP contribution in [0.15, 0.2) is 22.9 Å². The Hall–Kier alpha value is -2.15. The second kappa shape index (κ2) is 5.49. The van der Waals surface area contributed by atoms with Crippen molar-refractivity contribution in [3.05, 3.63) is 28.6 Å². The molecule has 0 aliphatic carbocycles. The maximum absolute atomic E-state index is 12.7. The van der Waals surface area contributed by atoms with Crippen LogP contribution in [-0.4, -0.2) is 58.0 Å². The Labute approximate surface area is 138 Å². The Kier molecular flexibility index (Phi) is 3.45. The molecule has 23 heavy (non-hydrogen) atoms. The molecule has 2 aliphatic rings. The van der Waals surface area contributed by atoms with Crippen molar-refractivity contribution in [3.63, 3.8) is 0 Å². The second-order valence-electron chi connectivity index (χ2n) is 6.25. The number of likely N-dealkylation sites (tertiary alicyclic amines) is 2. The van der Waals surface area contributed by atoms with Crippen LogP contribution in [0.25, 0.3) is 11.3 Å². The van der Waals surface area contributed by atoms with Crippen LogP contribution in [0.5, 0.6) is 0 Å². The Morgan fingerprint density at radius 1 is 1.48 bits per heavy atom. The van der Waals surface area contributed by atoms with Crippen molar-refractivity contribution in [3.8, 4) is 11.3 Å². The van der Waals surface area contributed by atoms with Crippen molar-refractivity contribution >= 4 is 23.2 Å². The molecule has 0 saturated carbocycles. The Balaban J connectivity index is 1.49. The number of nitrogens with zero attached hydrogens (tertiary/aromatic N) is 3. The van der Waals surface area contributed by atoms with Crippen LogP contribution < -0.4 is 0 Å². The van der Waals surface area contributed by atoms with Crippen LogP contribution in [0.1, 0.15) is 23.3 Å². The largest absolute Gasteiger partial charge is 0.342 e. The van der Waals surface area contributed by atoms with Gasteiger partial charge in [0.15, 0.2) is 0 Å². The Morgan fingerprint density at radius 2 is 2.35 bits per heavy atom. The summed E-state index contributed by atoms with van der Waals surface area (Å²) in [5.41, 5.74) is 2.33. The summed E-state index contributed by atoms with van der Waals surface area (Å²) in [4.78, 5) is 28.2. The van der Waals surface area contributed by atoms with E-state index < -0.39 is 0 Å². The monoisotopic (exact) mass is 330 g/mol. The highest BCUT2D eigenvalue weighted by molar-refractivity contribution is 7.08. The van der Waals surface area contributed by atoms with Gasteiger partial charge in [0.1, 0.15) is 5.69 Å². The molecule has 0 spiro atoms. The summed E-state index contributed by atoms with van der Waals surface area (Å²) in [5.74, 6) is 0.416. The normalized spacial score (nSPS) is 24.1. The van der Waals surface area contributed by atoms with Gasteiger partial charge in [-0.1, -0.05) is 0 Å². The van der Waals surface area contributed by atoms with E-state index in [1.165, 1.54) is 0 Å². The number of nitrogens with one attached hydrogen (secondary N) is 1. The fraction of sp³-hybridized carbons (Fsp3) is 0.438. The SMILES string of the molecule is CN1C(=O)C[C@@H]2CN(C(=O)c3cc(-c4ccsc4)n[nH]3)CC[C@@H]21. The van der Waals surface area contributed by atoms with Crippen molar-refractivity contribution < 1.29 is 9.59 Å². The van der Waals surface area contributed by atoms with Crippen molar-refractivity contribution in [2.45, 2.75) is 18.9 Å². The highest BCUT2D eigenvalue weighted by Crippen LogP contribution is 2.31. The van der Waals surface area contributed by atoms with Gasteiger partial charge in [-0.3, -0.25) is 14.7 Å². The second-order valence-corrected chi connectivity index (χ2v) is 7.03. The molecule has 2 saturated heterocycles. The van der Waals surface area contributed by atoms with E-state index in [4.69, 9.17) is 0 Å². The third-order valence-electron chi connectivity index (χ3n) is 4.93. The number of fused-ring (bicyclic) bond motifs is 1. The molecule has 0 unspecified atom stereocenters. The van der Waals surface area contributed by atoms with Crippen LogP contribution in [0.3, 0.4) is 0 Å². The molecular weight excluding hydrogens is 312 g/mol. The summed E-state index contributed by atoms with van der Waals surface area (Å²) >= 11 is 1.61. The number of piperidine rings is 1. The molecule has 4 heterocycles. The number of aromatic amines is 1. The zero-order valence-corrected chi connectivity index (χ0v) is 13.7. The third kappa shape index (κ3) is 2.45. The number of amides is 2. The molecule has 0 bridgehead atoms. The first-order valence-corrected chi connectivity index (χ1v) is 8.70. The molecule has 2 aromatic rings. The first-order chi connectivity index (χ1) is 11.1. The zero-order chi connectivity index (χ0) is 16.0. The minimum Gasteiger partial charge on any atom is -0.342 e. The van der Waals surface area contributed by atoms with Gasteiger partial charge < -0.3 is 9.80 Å². The van der Waals surface area contributed by atoms with Gasteiger partial charge in [-0.05, 0) is 23.9 Å². The lowest BCUT2D eigenvalue weighted by molar-refractivity contribution is -0.127. The van der Waals surface area contributed by atoms with Crippen LogP contribution >= 0.6 is 11.3 Å². The molecule has 1 N–H and O–H groups in total. The summed E-state index contributed by atoms with van der Waals surface area (Å²) in [6, 6.07) is 4.08. The van der Waals surface area contributed by atoms with Crippen molar-refractivity contribution in [2.75, 3.05) is 20.1 Å². The summed E-state index contributed by atoms with van der Waals surface area (Å²) in [6.07, 6.45) is 1.40. The number of H-pyrrole nitrogens is 1. The van der Waals surface area contributed by atoms with Gasteiger partial charge in [0, 0.05) is 49.5 Å². The number of aromatic nitrogens is 2. The highest BCUT2D eigenvalue weighted by atomic mass is 32.1. The summed E-state index contributed by atoms with van der Waals surface area (Å²) < 4.78 is 0. The van der Waals surface area contributed by atoms with E-state index in [1.54, 1.807) is 11.3 Å². The van der Waals surface area contributed by atoms with Gasteiger partial charge in [-0.25, -0.2) is 0 Å². The highest BCUT2D eigenvalue weighted by Gasteiger charge is 2.42. The molecule has 0 aromatic carbocycles. The smallest absolute Gasteiger partial charge is 0.271 e. The standard InChI is InChI=1S/C16H18N4O2S/c1-19-14-2-4-20(8-11(14)6-15(19)21)16(22)13-7-12(17-18-13)10-3-5-23-9-10/h3,5,7,9,11,14H,2,4,6,8H2,1H3,(H,17,18)/t11-,14+/m1/s1. The van der Waals surface area contributed by atoms with Gasteiger partial charge >= 0.3 is 0 Å². The summed E-state index contributed by atoms with van der Waals surface area (Å²) in [7, 11) is 1.87. The number of hydrogen-bond acceptors (Lipinski definition) is 4. The molecule has 120 valence electrons. The predicted octanol–water partition coefficient (Wildman–Crippen LogP) is 1.83. The van der Waals surface area contributed by atoms with Crippen LogP contribution in [0.4, 0.5) is 0 Å². The Morgan fingerprint density at radius 3 is 3.13 bits per heavy atom. The van der Waals surface area contributed by atoms with E-state index in [0.29, 0.717) is 25.2 Å². The van der Waals surface area contributed by atoms with Gasteiger partial charge in [0.25, 0.3) is 5.91 Å². The lowest BCUT2D eigenvalue weighted by atomic mass is 9.92. The number of thiophene rings is 1. The Bertz CT molecular complexity index is 739. The first kappa shape index (κ1) is 14.4. The van der Waals surface area contributed by atoms with Gasteiger partial charge in [-0.15, -0.1) is 0 Å². The molecule has 6 nitrogen and oxygen atoms in total. The fourth-order valence-corrected chi connectivity index (χ4v) is 4.28. The minimum absolute atomic E-state index is 0.0283. The quantitative estimate of drug-likeness (QED) is 0.913. The average molecular weight is 330 g/mol. The van der Waals surface area contributed by atoms with E-state index in [1.807, 2.05) is 39.7 Å². The van der Waals surface area contributed by atoms with E-state index in [0.717, 1.165) is 17.7 Å². The van der Waals surface area contributed by atoms with Crippen molar-refractivity contribution in [2.24, 2.45) is 5.92 Å². The lowest BCUT2D eigenvalue weighted by Gasteiger charge is -2.36. The molecule has 2 aromatic heterocycles. The van der Waals surface area contributed by atoms with E-state index >= 15 is 0 Å². The molecule has 7 heteroatoms. The summed E-state index contributed by atoms with van der Waals surface area (Å²) in [5, 5.41) is 11.1. The fourth-order valence-electron chi connectivity index (χ4n) is 3.63. The number of carbonyl (C=O) groups is 2. The summed E-state index contributed by atoms with van der Waals surface area (Å²) in [6.45, 7) is 1.33. The van der Waals surface area contributed by atoms with Gasteiger partial charge in [0.05, 0.1) is 5.69 Å². The van der Waals surface area contributed by atoms with Crippen LogP contribution in [0, 0.1) is 5.92 Å². The number of hydrogen-bond donors (Lipinski definition) is 1. The predicted molar refractivity (Wildman–Crippen MR) is 87.1 cm³/mol. The van der Waals surface area contributed by atoms with Crippen molar-refractivity contribution in [1.82, 2.24) is 20.0 Å². The van der Waals surface area contributed by atoms with E-state index in [9.17, 15) is 9.59 Å². The molecule has 4 rings (SSSR count). The van der Waals surface area contributed by atoms with Crippen LogP contribution in [-0.2, 0) is 4.79 Å². The molecule has 2 atom stereocenters. The molecule has 2 aliphatic heterocycles. The lowest BCUT2D eigenvalue weighted by Crippen LogP contribution is -2.47. The molecule has 2 amide bonds. The molecule has 2 fully saturated rings. The minimum atomic E-state index is -0.0283. The van der Waals surface area contributed by atoms with Crippen LogP contribution in [0.2, 0.25) is 0 Å². The third-order valence-corrected chi connectivity index (χ3v) is 5.62. The maximum Gasteiger partial charge on any atom is 0.271 e. The van der Waals surface area contributed by atoms with E-state index in [2.05, 4.69) is 10.2 Å². The van der Waals surface area contributed by atoms with Gasteiger partial charge in [-0.2, -0.15) is 16.4 Å². The number of rotatable bonds is 2. The zero-order valence-electron chi connectivity index (χ0n) is 12.9. The maximum atomic E-state index is 12.7. The first-order valence-electron chi connectivity index (χ1n) is 7.76. The number of carbonyl (C=O) groups excluding carboxylic acids is 2. The van der Waals surface area contributed by atoms with Gasteiger partial charge in [0.2, 0.25) is 5.91 Å². The van der Waals surface area contributed by atoms with E-state index in [-0.39, 0.29) is 23.8 Å². The molecular formula is C16H18N4O2S. The topological polar surface area (TPSA) is 69.3 Å². The molecule has 0 radical (unpaired) electrons.